The molecule has 0 atom stereocenters. The maximum Gasteiger partial charge on any atom is 0.261 e. The van der Waals surface area contributed by atoms with Gasteiger partial charge >= 0.3 is 0 Å². The molecule has 0 unspecified atom stereocenters. The van der Waals surface area contributed by atoms with Crippen LogP contribution < -0.4 is 14.8 Å². The molecule has 0 radical (unpaired) electrons. The molecule has 0 fully saturated rings. The number of aryl methyl sites for hydroxylation is 2. The molecular formula is C23H24N2O4S. The topological polar surface area (TPSA) is 84.5 Å². The lowest BCUT2D eigenvalue weighted by Crippen LogP contribution is -2.24. The van der Waals surface area contributed by atoms with Crippen molar-refractivity contribution in [3.8, 4) is 5.75 Å². The highest BCUT2D eigenvalue weighted by atomic mass is 32.2. The minimum absolute atomic E-state index is 0.0308. The van der Waals surface area contributed by atoms with E-state index < -0.39 is 10.0 Å². The molecule has 0 aliphatic heterocycles. The zero-order chi connectivity index (χ0) is 21.7. The van der Waals surface area contributed by atoms with Gasteiger partial charge < -0.3 is 10.1 Å². The molecule has 3 rings (SSSR count). The predicted octanol–water partition coefficient (Wildman–Crippen LogP) is 4.04. The zero-order valence-corrected chi connectivity index (χ0v) is 17.9. The molecule has 0 aliphatic rings. The summed E-state index contributed by atoms with van der Waals surface area (Å²) in [5, 5.41) is 2.83. The molecular weight excluding hydrogens is 400 g/mol. The van der Waals surface area contributed by atoms with E-state index >= 15 is 0 Å². The Kier molecular flexibility index (Phi) is 6.42. The number of nitrogens with one attached hydrogen (secondary N) is 2. The van der Waals surface area contributed by atoms with E-state index in [1.807, 2.05) is 43.3 Å². The predicted molar refractivity (Wildman–Crippen MR) is 117 cm³/mol. The number of hydrogen-bond donors (Lipinski definition) is 2. The van der Waals surface area contributed by atoms with E-state index in [0.29, 0.717) is 23.4 Å². The quantitative estimate of drug-likeness (QED) is 0.599. The molecule has 7 heteroatoms. The number of ether oxygens (including phenoxy) is 1. The lowest BCUT2D eigenvalue weighted by atomic mass is 10.1. The normalized spacial score (nSPS) is 11.0. The number of methoxy groups -OCH3 is 1. The molecule has 0 aromatic heterocycles. The summed E-state index contributed by atoms with van der Waals surface area (Å²) in [7, 11) is -2.23. The van der Waals surface area contributed by atoms with Gasteiger partial charge in [-0.15, -0.1) is 0 Å². The Morgan fingerprint density at radius 3 is 2.23 bits per heavy atom. The number of carbonyl (C=O) groups excluding carboxylic acids is 1. The van der Waals surface area contributed by atoms with Gasteiger partial charge in [0.25, 0.3) is 15.9 Å². The number of amides is 1. The van der Waals surface area contributed by atoms with E-state index in [2.05, 4.69) is 10.0 Å². The molecule has 0 saturated heterocycles. The molecule has 6 nitrogen and oxygen atoms in total. The van der Waals surface area contributed by atoms with Gasteiger partial charge in [0, 0.05) is 17.8 Å². The Labute approximate surface area is 177 Å². The van der Waals surface area contributed by atoms with Gasteiger partial charge in [0.05, 0.1) is 12.0 Å². The number of hydrogen-bond acceptors (Lipinski definition) is 4. The van der Waals surface area contributed by atoms with Crippen LogP contribution in [0.3, 0.4) is 0 Å². The lowest BCUT2D eigenvalue weighted by Gasteiger charge is -2.12. The number of rotatable bonds is 7. The Morgan fingerprint density at radius 1 is 0.933 bits per heavy atom. The van der Waals surface area contributed by atoms with Crippen molar-refractivity contribution in [2.75, 3.05) is 11.8 Å². The minimum atomic E-state index is -3.82. The lowest BCUT2D eigenvalue weighted by molar-refractivity contribution is 0.0950. The summed E-state index contributed by atoms with van der Waals surface area (Å²) in [6.07, 6.45) is 0. The molecule has 3 aromatic carbocycles. The second-order valence-corrected chi connectivity index (χ2v) is 8.66. The van der Waals surface area contributed by atoms with Crippen molar-refractivity contribution in [2.24, 2.45) is 0 Å². The fourth-order valence-electron chi connectivity index (χ4n) is 2.87. The first-order valence-electron chi connectivity index (χ1n) is 9.40. The summed E-state index contributed by atoms with van der Waals surface area (Å²) in [6.45, 7) is 4.02. The Hall–Kier alpha value is -3.32. The van der Waals surface area contributed by atoms with Crippen molar-refractivity contribution in [1.82, 2.24) is 5.32 Å². The van der Waals surface area contributed by atoms with Crippen LogP contribution in [-0.2, 0) is 16.6 Å². The second kappa shape index (κ2) is 9.00. The number of benzene rings is 3. The fraction of sp³-hybridized carbons (Fsp3) is 0.174. The van der Waals surface area contributed by atoms with Gasteiger partial charge in [-0.3, -0.25) is 9.52 Å². The average Bonchev–Trinajstić information content (AvgIpc) is 2.74. The molecule has 156 valence electrons. The van der Waals surface area contributed by atoms with Crippen LogP contribution in [0.1, 0.15) is 27.0 Å². The van der Waals surface area contributed by atoms with E-state index in [9.17, 15) is 13.2 Å². The summed E-state index contributed by atoms with van der Waals surface area (Å²) in [5.74, 6) is 0.399. The molecule has 0 spiro atoms. The fourth-order valence-corrected chi connectivity index (χ4v) is 3.95. The van der Waals surface area contributed by atoms with Gasteiger partial charge in [0.1, 0.15) is 5.75 Å². The van der Waals surface area contributed by atoms with Crippen LogP contribution in [0, 0.1) is 13.8 Å². The van der Waals surface area contributed by atoms with Crippen LogP contribution in [0.5, 0.6) is 5.75 Å². The van der Waals surface area contributed by atoms with Crippen molar-refractivity contribution >= 4 is 21.6 Å². The number of anilines is 1. The highest BCUT2D eigenvalue weighted by molar-refractivity contribution is 7.92. The Morgan fingerprint density at radius 2 is 1.60 bits per heavy atom. The van der Waals surface area contributed by atoms with Gasteiger partial charge in [-0.1, -0.05) is 35.9 Å². The third kappa shape index (κ3) is 5.18. The maximum atomic E-state index is 12.8. The van der Waals surface area contributed by atoms with Crippen molar-refractivity contribution in [3.63, 3.8) is 0 Å². The number of carbonyl (C=O) groups is 1. The van der Waals surface area contributed by atoms with Crippen molar-refractivity contribution in [3.05, 3.63) is 89.0 Å². The zero-order valence-electron chi connectivity index (χ0n) is 17.1. The van der Waals surface area contributed by atoms with Crippen LogP contribution in [0.25, 0.3) is 0 Å². The summed E-state index contributed by atoms with van der Waals surface area (Å²) < 4.78 is 33.2. The second-order valence-electron chi connectivity index (χ2n) is 6.98. The molecule has 3 aromatic rings. The molecule has 0 bridgehead atoms. The maximum absolute atomic E-state index is 12.8. The molecule has 2 N–H and O–H groups in total. The van der Waals surface area contributed by atoms with Gasteiger partial charge in [-0.2, -0.15) is 0 Å². The largest absolute Gasteiger partial charge is 0.497 e. The Bertz CT molecular complexity index is 1140. The SMILES string of the molecule is COc1ccc(CNC(=O)c2cc(S(=O)(=O)Nc3ccc(C)cc3)ccc2C)cc1. The van der Waals surface area contributed by atoms with Crippen LogP contribution in [-0.4, -0.2) is 21.4 Å². The molecule has 1 amide bonds. The van der Waals surface area contributed by atoms with Crippen LogP contribution in [0.2, 0.25) is 0 Å². The van der Waals surface area contributed by atoms with Crippen molar-refractivity contribution in [1.29, 1.82) is 0 Å². The van der Waals surface area contributed by atoms with E-state index in [1.165, 1.54) is 12.1 Å². The van der Waals surface area contributed by atoms with E-state index in [4.69, 9.17) is 4.74 Å². The first-order valence-corrected chi connectivity index (χ1v) is 10.9. The van der Waals surface area contributed by atoms with Crippen molar-refractivity contribution < 1.29 is 17.9 Å². The smallest absolute Gasteiger partial charge is 0.261 e. The van der Waals surface area contributed by atoms with Gasteiger partial charge in [-0.05, 0) is 61.4 Å². The molecule has 0 heterocycles. The standard InChI is InChI=1S/C23H24N2O4S/c1-16-4-9-19(10-5-16)25-30(27,28)21-13-6-17(2)22(14-21)23(26)24-15-18-7-11-20(29-3)12-8-18/h4-14,25H,15H2,1-3H3,(H,24,26). The molecule has 0 aliphatic carbocycles. The average molecular weight is 425 g/mol. The number of sulfonamides is 1. The summed E-state index contributed by atoms with van der Waals surface area (Å²) >= 11 is 0. The monoisotopic (exact) mass is 424 g/mol. The third-order valence-electron chi connectivity index (χ3n) is 4.68. The van der Waals surface area contributed by atoms with Crippen molar-refractivity contribution in [2.45, 2.75) is 25.3 Å². The van der Waals surface area contributed by atoms with Crippen LogP contribution in [0.15, 0.2) is 71.6 Å². The van der Waals surface area contributed by atoms with E-state index in [-0.39, 0.29) is 10.8 Å². The van der Waals surface area contributed by atoms with E-state index in [0.717, 1.165) is 16.9 Å². The van der Waals surface area contributed by atoms with Gasteiger partial charge in [0.2, 0.25) is 0 Å². The first kappa shape index (κ1) is 21.4. The van der Waals surface area contributed by atoms with E-state index in [1.54, 1.807) is 32.2 Å². The van der Waals surface area contributed by atoms with Crippen LogP contribution in [0.4, 0.5) is 5.69 Å². The minimum Gasteiger partial charge on any atom is -0.497 e. The summed E-state index contributed by atoms with van der Waals surface area (Å²) in [4.78, 5) is 12.7. The van der Waals surface area contributed by atoms with Crippen LogP contribution >= 0.6 is 0 Å². The summed E-state index contributed by atoms with van der Waals surface area (Å²) in [6, 6.07) is 18.9. The third-order valence-corrected chi connectivity index (χ3v) is 6.06. The highest BCUT2D eigenvalue weighted by Gasteiger charge is 2.18. The molecule has 0 saturated carbocycles. The summed E-state index contributed by atoms with van der Waals surface area (Å²) in [5.41, 5.74) is 3.41. The highest BCUT2D eigenvalue weighted by Crippen LogP contribution is 2.20. The van der Waals surface area contributed by atoms with Gasteiger partial charge in [0.15, 0.2) is 0 Å². The molecule has 30 heavy (non-hydrogen) atoms. The Balaban J connectivity index is 1.76. The van der Waals surface area contributed by atoms with Gasteiger partial charge in [-0.25, -0.2) is 8.42 Å². The first-order chi connectivity index (χ1) is 14.3.